The molecule has 4 bridgehead atoms. The fourth-order valence-electron chi connectivity index (χ4n) is 6.63. The van der Waals surface area contributed by atoms with E-state index in [0.717, 1.165) is 35.7 Å². The first-order valence-electron chi connectivity index (χ1n) is 10.4. The second-order valence-corrected chi connectivity index (χ2v) is 9.64. The van der Waals surface area contributed by atoms with Gasteiger partial charge in [0.1, 0.15) is 5.75 Å². The number of ether oxygens (including phenoxy) is 1. The van der Waals surface area contributed by atoms with Gasteiger partial charge >= 0.3 is 0 Å². The molecule has 0 N–H and O–H groups in total. The smallest absolute Gasteiger partial charge is 0.159 e. The van der Waals surface area contributed by atoms with Crippen molar-refractivity contribution in [3.8, 4) is 5.75 Å². The van der Waals surface area contributed by atoms with Gasteiger partial charge in [-0.25, -0.2) is 0 Å². The molecule has 0 saturated heterocycles. The van der Waals surface area contributed by atoms with Crippen LogP contribution in [0.25, 0.3) is 0 Å². The van der Waals surface area contributed by atoms with Gasteiger partial charge in [0.25, 0.3) is 0 Å². The minimum Gasteiger partial charge on any atom is -0.493 e. The minimum absolute atomic E-state index is 0.160. The number of hydrogen-bond acceptors (Lipinski definition) is 2. The van der Waals surface area contributed by atoms with Gasteiger partial charge in [-0.1, -0.05) is 6.42 Å². The Morgan fingerprint density at radius 1 is 1.08 bits per heavy atom. The van der Waals surface area contributed by atoms with Crippen molar-refractivity contribution in [1.29, 1.82) is 0 Å². The lowest BCUT2D eigenvalue weighted by molar-refractivity contribution is -0.0747. The summed E-state index contributed by atoms with van der Waals surface area (Å²) < 4.78 is 6.50. The van der Waals surface area contributed by atoms with Crippen LogP contribution in [-0.2, 0) is 0 Å². The second-order valence-electron chi connectivity index (χ2n) is 9.64. The van der Waals surface area contributed by atoms with Crippen LogP contribution in [0, 0.1) is 23.2 Å². The van der Waals surface area contributed by atoms with Crippen LogP contribution in [-0.4, -0.2) is 12.4 Å². The number of rotatable bonds is 5. The lowest BCUT2D eigenvalue weighted by Gasteiger charge is -2.56. The SMILES string of the molecule is CC(=O)c1ccc(OCC23CC4CC(CC(C4)C2)C3)c(C2CCC2)c1. The Morgan fingerprint density at radius 2 is 1.72 bits per heavy atom. The van der Waals surface area contributed by atoms with E-state index in [1.165, 1.54) is 63.4 Å². The van der Waals surface area contributed by atoms with E-state index in [9.17, 15) is 4.79 Å². The number of Topliss-reactive ketones (excluding diaryl/α,β-unsaturated/α-hetero) is 1. The van der Waals surface area contributed by atoms with Gasteiger partial charge in [0, 0.05) is 11.0 Å². The normalized spacial score (nSPS) is 36.3. The van der Waals surface area contributed by atoms with Crippen molar-refractivity contribution in [3.63, 3.8) is 0 Å². The molecule has 5 aliphatic carbocycles. The molecule has 2 heteroatoms. The predicted molar refractivity (Wildman–Crippen MR) is 99.1 cm³/mol. The fourth-order valence-corrected chi connectivity index (χ4v) is 6.63. The molecule has 5 saturated carbocycles. The van der Waals surface area contributed by atoms with Gasteiger partial charge < -0.3 is 4.74 Å². The highest BCUT2D eigenvalue weighted by atomic mass is 16.5. The van der Waals surface area contributed by atoms with Crippen molar-refractivity contribution in [2.75, 3.05) is 6.61 Å². The molecule has 1 aromatic rings. The maximum Gasteiger partial charge on any atom is 0.159 e. The predicted octanol–water partition coefficient (Wildman–Crippen LogP) is 5.75. The van der Waals surface area contributed by atoms with E-state index in [2.05, 4.69) is 12.1 Å². The van der Waals surface area contributed by atoms with E-state index >= 15 is 0 Å². The van der Waals surface area contributed by atoms with Crippen molar-refractivity contribution in [2.45, 2.75) is 70.6 Å². The van der Waals surface area contributed by atoms with Crippen LogP contribution in [0.5, 0.6) is 5.75 Å². The topological polar surface area (TPSA) is 26.3 Å². The highest BCUT2D eigenvalue weighted by molar-refractivity contribution is 5.94. The lowest BCUT2D eigenvalue weighted by Crippen LogP contribution is -2.48. The largest absolute Gasteiger partial charge is 0.493 e. The molecule has 0 heterocycles. The minimum atomic E-state index is 0.160. The van der Waals surface area contributed by atoms with E-state index in [4.69, 9.17) is 4.74 Å². The first kappa shape index (κ1) is 15.9. The highest BCUT2D eigenvalue weighted by Gasteiger charge is 2.51. The van der Waals surface area contributed by atoms with Crippen LogP contribution in [0.4, 0.5) is 0 Å². The molecule has 0 atom stereocenters. The molecule has 1 aromatic carbocycles. The molecular weight excluding hydrogens is 308 g/mol. The Hall–Kier alpha value is -1.31. The first-order valence-corrected chi connectivity index (χ1v) is 10.4. The zero-order valence-corrected chi connectivity index (χ0v) is 15.4. The second kappa shape index (κ2) is 5.86. The van der Waals surface area contributed by atoms with Crippen molar-refractivity contribution in [1.82, 2.24) is 0 Å². The maximum absolute atomic E-state index is 11.8. The molecule has 5 fully saturated rings. The highest BCUT2D eigenvalue weighted by Crippen LogP contribution is 2.60. The monoisotopic (exact) mass is 338 g/mol. The molecule has 0 aliphatic heterocycles. The fraction of sp³-hybridized carbons (Fsp3) is 0.696. The third-order valence-electron chi connectivity index (χ3n) is 7.66. The van der Waals surface area contributed by atoms with Gasteiger partial charge in [-0.2, -0.15) is 0 Å². The summed E-state index contributed by atoms with van der Waals surface area (Å²) in [5, 5.41) is 0. The van der Waals surface area contributed by atoms with Gasteiger partial charge in [-0.15, -0.1) is 0 Å². The molecule has 5 aliphatic rings. The number of hydrogen-bond donors (Lipinski definition) is 0. The summed E-state index contributed by atoms with van der Waals surface area (Å²) in [7, 11) is 0. The zero-order chi connectivity index (χ0) is 17.0. The molecule has 134 valence electrons. The van der Waals surface area contributed by atoms with Crippen molar-refractivity contribution < 1.29 is 9.53 Å². The number of ketones is 1. The number of carbonyl (C=O) groups is 1. The molecular formula is C23H30O2. The van der Waals surface area contributed by atoms with Crippen LogP contribution in [0.1, 0.15) is 86.6 Å². The molecule has 0 amide bonds. The molecule has 2 nitrogen and oxygen atoms in total. The van der Waals surface area contributed by atoms with Crippen molar-refractivity contribution >= 4 is 5.78 Å². The molecule has 25 heavy (non-hydrogen) atoms. The van der Waals surface area contributed by atoms with Gasteiger partial charge in [0.05, 0.1) is 6.61 Å². The van der Waals surface area contributed by atoms with Crippen LogP contribution in [0.3, 0.4) is 0 Å². The maximum atomic E-state index is 11.8. The Kier molecular flexibility index (Phi) is 3.73. The van der Waals surface area contributed by atoms with Crippen LogP contribution < -0.4 is 4.74 Å². The molecule has 0 radical (unpaired) electrons. The van der Waals surface area contributed by atoms with E-state index < -0.39 is 0 Å². The van der Waals surface area contributed by atoms with Gasteiger partial charge in [0.2, 0.25) is 0 Å². The van der Waals surface area contributed by atoms with Crippen LogP contribution in [0.2, 0.25) is 0 Å². The standard InChI is InChI=1S/C23H30O2/c1-15(24)20-5-6-22(21(10-20)19-3-2-4-19)25-14-23-11-16-7-17(12-23)9-18(8-16)13-23/h5-6,10,16-19H,2-4,7-9,11-14H2,1H3. The molecule has 0 aromatic heterocycles. The van der Waals surface area contributed by atoms with E-state index in [-0.39, 0.29) is 5.78 Å². The lowest BCUT2D eigenvalue weighted by atomic mass is 9.50. The molecule has 0 spiro atoms. The third kappa shape index (κ3) is 2.82. The van der Waals surface area contributed by atoms with Gasteiger partial charge in [-0.3, -0.25) is 4.79 Å². The number of carbonyl (C=O) groups excluding carboxylic acids is 1. The molecule has 6 rings (SSSR count). The summed E-state index contributed by atoms with van der Waals surface area (Å²) in [5.41, 5.74) is 2.58. The average molecular weight is 338 g/mol. The summed E-state index contributed by atoms with van der Waals surface area (Å²) in [4.78, 5) is 11.8. The van der Waals surface area contributed by atoms with Crippen molar-refractivity contribution in [3.05, 3.63) is 29.3 Å². The molecule has 0 unspecified atom stereocenters. The van der Waals surface area contributed by atoms with Gasteiger partial charge in [0.15, 0.2) is 5.78 Å². The van der Waals surface area contributed by atoms with Crippen LogP contribution in [0.15, 0.2) is 18.2 Å². The number of benzene rings is 1. The van der Waals surface area contributed by atoms with Crippen LogP contribution >= 0.6 is 0 Å². The summed E-state index contributed by atoms with van der Waals surface area (Å²) >= 11 is 0. The van der Waals surface area contributed by atoms with E-state index in [0.29, 0.717) is 11.3 Å². The quantitative estimate of drug-likeness (QED) is 0.639. The summed E-state index contributed by atoms with van der Waals surface area (Å²) in [6, 6.07) is 6.14. The van der Waals surface area contributed by atoms with E-state index in [1.54, 1.807) is 6.92 Å². The average Bonchev–Trinajstić information content (AvgIpc) is 2.50. The Labute approximate surface area is 151 Å². The Morgan fingerprint density at radius 3 is 2.24 bits per heavy atom. The Bertz CT molecular complexity index is 650. The summed E-state index contributed by atoms with van der Waals surface area (Å²) in [5.74, 6) is 4.74. The Balaban J connectivity index is 1.36. The van der Waals surface area contributed by atoms with Gasteiger partial charge in [-0.05, 0) is 106 Å². The zero-order valence-electron chi connectivity index (χ0n) is 15.4. The van der Waals surface area contributed by atoms with Crippen molar-refractivity contribution in [2.24, 2.45) is 23.2 Å². The third-order valence-corrected chi connectivity index (χ3v) is 7.66. The summed E-state index contributed by atoms with van der Waals surface area (Å²) in [6.45, 7) is 2.56. The summed E-state index contributed by atoms with van der Waals surface area (Å²) in [6.07, 6.45) is 12.4. The van der Waals surface area contributed by atoms with E-state index in [1.807, 2.05) is 6.07 Å². The first-order chi connectivity index (χ1) is 12.1.